The van der Waals surface area contributed by atoms with Crippen molar-refractivity contribution in [2.75, 3.05) is 6.54 Å². The second kappa shape index (κ2) is 2.87. The van der Waals surface area contributed by atoms with E-state index in [9.17, 15) is 17.6 Å². The number of hydrogen-bond donors (Lipinski definition) is 1. The molecule has 1 saturated carbocycles. The molecule has 2 N–H and O–H groups in total. The van der Waals surface area contributed by atoms with Gasteiger partial charge in [-0.05, 0) is 12.8 Å². The lowest BCUT2D eigenvalue weighted by Gasteiger charge is -2.39. The molecule has 1 atom stereocenters. The molecule has 12 heavy (non-hydrogen) atoms. The molecule has 1 aliphatic rings. The first-order valence-corrected chi connectivity index (χ1v) is 3.87. The molecule has 0 radical (unpaired) electrons. The van der Waals surface area contributed by atoms with Crippen LogP contribution in [-0.4, -0.2) is 18.4 Å². The summed E-state index contributed by atoms with van der Waals surface area (Å²) < 4.78 is 49.6. The fourth-order valence-electron chi connectivity index (χ4n) is 1.38. The molecule has 0 aromatic heterocycles. The summed E-state index contributed by atoms with van der Waals surface area (Å²) >= 11 is 0. The van der Waals surface area contributed by atoms with Crippen molar-refractivity contribution < 1.29 is 17.6 Å². The van der Waals surface area contributed by atoms with Crippen molar-refractivity contribution in [2.24, 2.45) is 11.7 Å². The molecule has 5 heteroatoms. The molecular formula is C7H11F4N. The largest absolute Gasteiger partial charge is 0.424 e. The predicted octanol–water partition coefficient (Wildman–Crippen LogP) is 2.02. The molecule has 0 amide bonds. The Hall–Kier alpha value is -0.320. The smallest absolute Gasteiger partial charge is 0.327 e. The first kappa shape index (κ1) is 9.77. The first-order chi connectivity index (χ1) is 5.42. The molecule has 0 aromatic carbocycles. The molecular weight excluding hydrogens is 174 g/mol. The van der Waals surface area contributed by atoms with Gasteiger partial charge in [0, 0.05) is 12.5 Å². The maximum Gasteiger partial charge on any atom is 0.424 e. The van der Waals surface area contributed by atoms with Crippen molar-refractivity contribution in [2.45, 2.75) is 31.1 Å². The zero-order valence-electron chi connectivity index (χ0n) is 6.49. The van der Waals surface area contributed by atoms with Crippen molar-refractivity contribution in [3.05, 3.63) is 0 Å². The highest BCUT2D eigenvalue weighted by molar-refractivity contribution is 4.97. The van der Waals surface area contributed by atoms with Crippen molar-refractivity contribution in [3.63, 3.8) is 0 Å². The predicted molar refractivity (Wildman–Crippen MR) is 36.3 cm³/mol. The molecule has 0 saturated heterocycles. The van der Waals surface area contributed by atoms with E-state index in [-0.39, 0.29) is 0 Å². The van der Waals surface area contributed by atoms with E-state index in [1.54, 1.807) is 0 Å². The Morgan fingerprint density at radius 3 is 1.75 bits per heavy atom. The minimum atomic E-state index is -4.81. The van der Waals surface area contributed by atoms with Crippen molar-refractivity contribution in [1.82, 2.24) is 0 Å². The number of rotatable bonds is 2. The molecule has 0 spiro atoms. The molecule has 0 bridgehead atoms. The van der Waals surface area contributed by atoms with E-state index in [1.165, 1.54) is 0 Å². The van der Waals surface area contributed by atoms with Gasteiger partial charge in [0.25, 0.3) is 0 Å². The summed E-state index contributed by atoms with van der Waals surface area (Å²) in [6.45, 7) is -0.957. The maximum absolute atomic E-state index is 13.2. The number of halogens is 4. The first-order valence-electron chi connectivity index (χ1n) is 3.87. The lowest BCUT2D eigenvalue weighted by atomic mass is 9.73. The van der Waals surface area contributed by atoms with Gasteiger partial charge in [0.2, 0.25) is 5.67 Å². The standard InChI is InChI=1S/C7H11F4N/c8-6(4-12,7(9,10)11)5-2-1-3-5/h5H,1-4,12H2. The van der Waals surface area contributed by atoms with Crippen LogP contribution in [0.5, 0.6) is 0 Å². The minimum Gasteiger partial charge on any atom is -0.327 e. The van der Waals surface area contributed by atoms with Crippen LogP contribution in [0.4, 0.5) is 17.6 Å². The van der Waals surface area contributed by atoms with Crippen molar-refractivity contribution in [3.8, 4) is 0 Å². The lowest BCUT2D eigenvalue weighted by Crippen LogP contribution is -2.54. The molecule has 0 heterocycles. The lowest BCUT2D eigenvalue weighted by molar-refractivity contribution is -0.252. The molecule has 72 valence electrons. The molecule has 0 aromatic rings. The van der Waals surface area contributed by atoms with Crippen LogP contribution in [0.25, 0.3) is 0 Å². The van der Waals surface area contributed by atoms with Crippen LogP contribution in [0, 0.1) is 5.92 Å². The minimum absolute atomic E-state index is 0.299. The Morgan fingerprint density at radius 2 is 1.67 bits per heavy atom. The van der Waals surface area contributed by atoms with E-state index in [0.717, 1.165) is 0 Å². The van der Waals surface area contributed by atoms with Crippen molar-refractivity contribution in [1.29, 1.82) is 0 Å². The number of hydrogen-bond acceptors (Lipinski definition) is 1. The highest BCUT2D eigenvalue weighted by Gasteiger charge is 2.60. The topological polar surface area (TPSA) is 26.0 Å². The normalized spacial score (nSPS) is 24.8. The summed E-state index contributed by atoms with van der Waals surface area (Å²) in [6.07, 6.45) is -3.54. The van der Waals surface area contributed by atoms with Gasteiger partial charge in [0.1, 0.15) is 0 Å². The second-order valence-electron chi connectivity index (χ2n) is 3.19. The van der Waals surface area contributed by atoms with Gasteiger partial charge in [-0.15, -0.1) is 0 Å². The van der Waals surface area contributed by atoms with E-state index >= 15 is 0 Å². The van der Waals surface area contributed by atoms with Gasteiger partial charge in [-0.25, -0.2) is 4.39 Å². The van der Waals surface area contributed by atoms with E-state index in [4.69, 9.17) is 5.73 Å². The van der Waals surface area contributed by atoms with Crippen LogP contribution < -0.4 is 5.73 Å². The zero-order chi connectivity index (χ0) is 9.41. The van der Waals surface area contributed by atoms with Crippen LogP contribution in [0.2, 0.25) is 0 Å². The summed E-state index contributed by atoms with van der Waals surface area (Å²) in [5.74, 6) is -0.914. The molecule has 1 fully saturated rings. The van der Waals surface area contributed by atoms with Gasteiger partial charge in [0.15, 0.2) is 0 Å². The quantitative estimate of drug-likeness (QED) is 0.654. The van der Waals surface area contributed by atoms with E-state index in [1.807, 2.05) is 0 Å². The van der Waals surface area contributed by atoms with E-state index in [0.29, 0.717) is 19.3 Å². The molecule has 1 aliphatic carbocycles. The zero-order valence-corrected chi connectivity index (χ0v) is 6.49. The maximum atomic E-state index is 13.2. The Balaban J connectivity index is 2.73. The average molecular weight is 185 g/mol. The average Bonchev–Trinajstić information content (AvgIpc) is 1.81. The fraction of sp³-hybridized carbons (Fsp3) is 1.00. The van der Waals surface area contributed by atoms with Crippen LogP contribution in [0.3, 0.4) is 0 Å². The molecule has 0 aliphatic heterocycles. The van der Waals surface area contributed by atoms with Crippen LogP contribution in [0.15, 0.2) is 0 Å². The fourth-order valence-corrected chi connectivity index (χ4v) is 1.38. The Morgan fingerprint density at radius 1 is 1.17 bits per heavy atom. The van der Waals surface area contributed by atoms with E-state index < -0.39 is 24.3 Å². The molecule has 1 rings (SSSR count). The Labute approximate surface area is 67.9 Å². The summed E-state index contributed by atoms with van der Waals surface area (Å²) in [6, 6.07) is 0. The highest BCUT2D eigenvalue weighted by Crippen LogP contribution is 2.47. The monoisotopic (exact) mass is 185 g/mol. The Kier molecular flexibility index (Phi) is 2.33. The van der Waals surface area contributed by atoms with Crippen LogP contribution >= 0.6 is 0 Å². The third kappa shape index (κ3) is 1.30. The summed E-state index contributed by atoms with van der Waals surface area (Å²) in [5, 5.41) is 0. The van der Waals surface area contributed by atoms with Gasteiger partial charge in [0.05, 0.1) is 0 Å². The number of nitrogens with two attached hydrogens (primary N) is 1. The third-order valence-corrected chi connectivity index (χ3v) is 2.52. The van der Waals surface area contributed by atoms with E-state index in [2.05, 4.69) is 0 Å². The third-order valence-electron chi connectivity index (χ3n) is 2.52. The summed E-state index contributed by atoms with van der Waals surface area (Å²) in [5.41, 5.74) is 1.66. The van der Waals surface area contributed by atoms with Gasteiger partial charge >= 0.3 is 6.18 Å². The van der Waals surface area contributed by atoms with Gasteiger partial charge in [-0.3, -0.25) is 0 Å². The summed E-state index contributed by atoms with van der Waals surface area (Å²) in [7, 11) is 0. The highest BCUT2D eigenvalue weighted by atomic mass is 19.4. The van der Waals surface area contributed by atoms with Crippen molar-refractivity contribution >= 4 is 0 Å². The van der Waals surface area contributed by atoms with Crippen LogP contribution in [-0.2, 0) is 0 Å². The molecule has 1 unspecified atom stereocenters. The van der Waals surface area contributed by atoms with Gasteiger partial charge in [-0.2, -0.15) is 13.2 Å². The number of alkyl halides is 4. The second-order valence-corrected chi connectivity index (χ2v) is 3.19. The SMILES string of the molecule is NCC(F)(C1CCC1)C(F)(F)F. The molecule has 1 nitrogen and oxygen atoms in total. The Bertz CT molecular complexity index is 163. The van der Waals surface area contributed by atoms with Gasteiger partial charge < -0.3 is 5.73 Å². The van der Waals surface area contributed by atoms with Crippen LogP contribution in [0.1, 0.15) is 19.3 Å². The summed E-state index contributed by atoms with van der Waals surface area (Å²) in [4.78, 5) is 0. The van der Waals surface area contributed by atoms with Gasteiger partial charge in [-0.1, -0.05) is 6.42 Å².